The van der Waals surface area contributed by atoms with Crippen LogP contribution in [0.15, 0.2) is 60.2 Å². The number of aryl methyl sites for hydroxylation is 1. The van der Waals surface area contributed by atoms with Gasteiger partial charge < -0.3 is 28.8 Å². The minimum atomic E-state index is -1.07. The molecule has 2 aliphatic heterocycles. The van der Waals surface area contributed by atoms with E-state index < -0.39 is 12.1 Å². The highest BCUT2D eigenvalue weighted by atomic mass is 16.7. The highest BCUT2D eigenvalue weighted by Crippen LogP contribution is 2.48. The van der Waals surface area contributed by atoms with Gasteiger partial charge in [0.15, 0.2) is 17.6 Å². The van der Waals surface area contributed by atoms with Crippen molar-refractivity contribution < 1.29 is 33.6 Å². The Labute approximate surface area is 203 Å². The first-order valence-corrected chi connectivity index (χ1v) is 11.4. The van der Waals surface area contributed by atoms with Crippen LogP contribution < -0.4 is 23.7 Å². The lowest BCUT2D eigenvalue weighted by atomic mass is 9.84. The minimum absolute atomic E-state index is 0.0342. The first-order chi connectivity index (χ1) is 16.9. The number of carboxylic acids is 1. The van der Waals surface area contributed by atoms with Crippen LogP contribution in [-0.4, -0.2) is 31.1 Å². The fourth-order valence-corrected chi connectivity index (χ4v) is 4.48. The van der Waals surface area contributed by atoms with Gasteiger partial charge in [0.05, 0.1) is 18.8 Å². The summed E-state index contributed by atoms with van der Waals surface area (Å²) in [5.74, 6) is 2.01. The summed E-state index contributed by atoms with van der Waals surface area (Å²) in [6.07, 6.45) is -0.893. The summed E-state index contributed by atoms with van der Waals surface area (Å²) in [5.41, 5.74) is 3.68. The van der Waals surface area contributed by atoms with Crippen LogP contribution in [0.25, 0.3) is 5.57 Å². The maximum atomic E-state index is 12.8. The predicted octanol–water partition coefficient (Wildman–Crippen LogP) is 5.54. The number of carboxylic acid groups (broad SMARTS) is 1. The molecule has 7 nitrogen and oxygen atoms in total. The normalized spacial score (nSPS) is 16.1. The van der Waals surface area contributed by atoms with Crippen molar-refractivity contribution in [2.45, 2.75) is 33.0 Å². The molecular formula is C28H26O7. The summed E-state index contributed by atoms with van der Waals surface area (Å²) in [7, 11) is 1.60. The first-order valence-electron chi connectivity index (χ1n) is 11.4. The minimum Gasteiger partial charge on any atom is -0.497 e. The number of methoxy groups -OCH3 is 1. The van der Waals surface area contributed by atoms with E-state index in [-0.39, 0.29) is 18.5 Å². The fraction of sp³-hybridized carbons (Fsp3) is 0.250. The van der Waals surface area contributed by atoms with Crippen LogP contribution in [0.5, 0.6) is 28.7 Å². The Kier molecular flexibility index (Phi) is 5.76. The number of carbonyl (C=O) groups is 1. The molecule has 5 rings (SSSR count). The lowest BCUT2D eigenvalue weighted by Gasteiger charge is -2.31. The van der Waals surface area contributed by atoms with E-state index in [0.29, 0.717) is 45.4 Å². The Balaban J connectivity index is 1.75. The molecule has 0 radical (unpaired) electrons. The molecule has 0 saturated heterocycles. The molecular weight excluding hydrogens is 448 g/mol. The van der Waals surface area contributed by atoms with Gasteiger partial charge in [-0.1, -0.05) is 12.1 Å². The van der Waals surface area contributed by atoms with E-state index in [1.807, 2.05) is 57.2 Å². The van der Waals surface area contributed by atoms with Crippen molar-refractivity contribution in [2.75, 3.05) is 13.9 Å². The molecule has 2 aliphatic rings. The van der Waals surface area contributed by atoms with E-state index >= 15 is 0 Å². The first kappa shape index (κ1) is 22.7. The van der Waals surface area contributed by atoms with Gasteiger partial charge in [0, 0.05) is 16.7 Å². The molecule has 0 fully saturated rings. The smallest absolute Gasteiger partial charge is 0.336 e. The van der Waals surface area contributed by atoms with E-state index in [1.165, 1.54) is 0 Å². The Morgan fingerprint density at radius 3 is 2.40 bits per heavy atom. The number of fused-ring (bicyclic) bond motifs is 2. The highest BCUT2D eigenvalue weighted by molar-refractivity contribution is 6.04. The summed E-state index contributed by atoms with van der Waals surface area (Å²) in [5, 5.41) is 10.5. The average molecular weight is 475 g/mol. The van der Waals surface area contributed by atoms with Gasteiger partial charge in [-0.2, -0.15) is 0 Å². The maximum Gasteiger partial charge on any atom is 0.336 e. The highest BCUT2D eigenvalue weighted by Gasteiger charge is 2.36. The summed E-state index contributed by atoms with van der Waals surface area (Å²) in [4.78, 5) is 12.8. The van der Waals surface area contributed by atoms with Gasteiger partial charge in [0.1, 0.15) is 17.2 Å². The number of ether oxygens (including phenoxy) is 5. The molecule has 0 bridgehead atoms. The molecule has 35 heavy (non-hydrogen) atoms. The second-order valence-electron chi connectivity index (χ2n) is 8.71. The second kappa shape index (κ2) is 8.91. The van der Waals surface area contributed by atoms with Crippen molar-refractivity contribution in [2.24, 2.45) is 0 Å². The predicted molar refractivity (Wildman–Crippen MR) is 130 cm³/mol. The van der Waals surface area contributed by atoms with Crippen molar-refractivity contribution in [3.63, 3.8) is 0 Å². The third-order valence-corrected chi connectivity index (χ3v) is 6.00. The van der Waals surface area contributed by atoms with Crippen LogP contribution in [-0.2, 0) is 4.79 Å². The van der Waals surface area contributed by atoms with E-state index in [2.05, 4.69) is 0 Å². The average Bonchev–Trinajstić information content (AvgIpc) is 3.30. The van der Waals surface area contributed by atoms with Gasteiger partial charge in [-0.15, -0.1) is 0 Å². The van der Waals surface area contributed by atoms with Crippen LogP contribution in [0, 0.1) is 6.92 Å². The van der Waals surface area contributed by atoms with Crippen molar-refractivity contribution in [3.05, 3.63) is 82.4 Å². The molecule has 0 spiro atoms. The van der Waals surface area contributed by atoms with Gasteiger partial charge in [0.25, 0.3) is 0 Å². The van der Waals surface area contributed by atoms with Crippen molar-refractivity contribution in [1.29, 1.82) is 0 Å². The van der Waals surface area contributed by atoms with E-state index in [0.717, 1.165) is 11.1 Å². The quantitative estimate of drug-likeness (QED) is 0.502. The van der Waals surface area contributed by atoms with Gasteiger partial charge >= 0.3 is 5.97 Å². The van der Waals surface area contributed by atoms with Crippen LogP contribution >= 0.6 is 0 Å². The second-order valence-corrected chi connectivity index (χ2v) is 8.71. The molecule has 3 aromatic carbocycles. The van der Waals surface area contributed by atoms with Crippen molar-refractivity contribution >= 4 is 11.5 Å². The van der Waals surface area contributed by atoms with Crippen LogP contribution in [0.4, 0.5) is 0 Å². The molecule has 180 valence electrons. The van der Waals surface area contributed by atoms with Crippen LogP contribution in [0.2, 0.25) is 0 Å². The Hall–Kier alpha value is -4.13. The number of rotatable bonds is 6. The molecule has 7 heteroatoms. The molecule has 2 heterocycles. The van der Waals surface area contributed by atoms with Gasteiger partial charge in [-0.3, -0.25) is 0 Å². The zero-order valence-corrected chi connectivity index (χ0v) is 20.0. The monoisotopic (exact) mass is 474 g/mol. The van der Waals surface area contributed by atoms with Crippen molar-refractivity contribution in [1.82, 2.24) is 0 Å². The summed E-state index contributed by atoms with van der Waals surface area (Å²) < 4.78 is 28.6. The number of hydrogen-bond donors (Lipinski definition) is 1. The third-order valence-electron chi connectivity index (χ3n) is 6.00. The number of aliphatic carboxylic acids is 1. The summed E-state index contributed by atoms with van der Waals surface area (Å²) in [6.45, 7) is 5.95. The van der Waals surface area contributed by atoms with Gasteiger partial charge in [-0.25, -0.2) is 4.79 Å². The van der Waals surface area contributed by atoms with Crippen LogP contribution in [0.1, 0.15) is 42.2 Å². The molecule has 0 aromatic heterocycles. The van der Waals surface area contributed by atoms with E-state index in [1.54, 1.807) is 25.3 Å². The molecule has 1 unspecified atom stereocenters. The molecule has 1 N–H and O–H groups in total. The molecule has 3 aromatic rings. The zero-order valence-electron chi connectivity index (χ0n) is 20.0. The topological polar surface area (TPSA) is 83.5 Å². The number of benzene rings is 3. The van der Waals surface area contributed by atoms with Crippen molar-refractivity contribution in [3.8, 4) is 28.7 Å². The molecule has 0 amide bonds. The molecule has 1 atom stereocenters. The lowest BCUT2D eigenvalue weighted by Crippen LogP contribution is -2.23. The SMILES string of the molecule is COc1ccc(C2=C(C(=O)O)C(c3ccc4c(c3)OCO4)Oc3ccc(OC(C)C)cc32)c(C)c1. The molecule has 0 saturated carbocycles. The van der Waals surface area contributed by atoms with E-state index in [9.17, 15) is 9.90 Å². The summed E-state index contributed by atoms with van der Waals surface area (Å²) >= 11 is 0. The van der Waals surface area contributed by atoms with Gasteiger partial charge in [0.2, 0.25) is 6.79 Å². The van der Waals surface area contributed by atoms with Crippen LogP contribution in [0.3, 0.4) is 0 Å². The Morgan fingerprint density at radius 2 is 1.69 bits per heavy atom. The summed E-state index contributed by atoms with van der Waals surface area (Å²) in [6, 6.07) is 16.4. The maximum absolute atomic E-state index is 12.8. The third kappa shape index (κ3) is 4.14. The number of hydrogen-bond acceptors (Lipinski definition) is 6. The standard InChI is InChI=1S/C28H26O7/c1-15(2)34-19-7-10-22-21(13-19)25(20-8-6-18(31-4)11-16(20)3)26(28(29)30)27(35-22)17-5-9-23-24(12-17)33-14-32-23/h5-13,15,27H,14H2,1-4H3,(H,29,30). The fourth-order valence-electron chi connectivity index (χ4n) is 4.48. The Morgan fingerprint density at radius 1 is 0.943 bits per heavy atom. The van der Waals surface area contributed by atoms with E-state index in [4.69, 9.17) is 23.7 Å². The largest absolute Gasteiger partial charge is 0.497 e. The Bertz CT molecular complexity index is 1340. The lowest BCUT2D eigenvalue weighted by molar-refractivity contribution is -0.133. The molecule has 0 aliphatic carbocycles. The van der Waals surface area contributed by atoms with Gasteiger partial charge in [-0.05, 0) is 74.4 Å². The zero-order chi connectivity index (χ0) is 24.7.